The molecule has 0 unspecified atom stereocenters. The molecule has 2 saturated carbocycles. The van der Waals surface area contributed by atoms with Gasteiger partial charge in [0.15, 0.2) is 0 Å². The second-order valence-corrected chi connectivity index (χ2v) is 7.30. The maximum atomic E-state index is 6.30. The Kier molecular flexibility index (Phi) is 4.37. The summed E-state index contributed by atoms with van der Waals surface area (Å²) >= 11 is 6.30. The van der Waals surface area contributed by atoms with Crippen LogP contribution in [-0.4, -0.2) is 6.04 Å². The van der Waals surface area contributed by atoms with Crippen molar-refractivity contribution in [1.82, 2.24) is 5.32 Å². The molecule has 0 heterocycles. The van der Waals surface area contributed by atoms with Crippen molar-refractivity contribution < 1.29 is 0 Å². The van der Waals surface area contributed by atoms with Crippen LogP contribution >= 0.6 is 11.6 Å². The zero-order chi connectivity index (χ0) is 14.0. The zero-order valence-electron chi connectivity index (χ0n) is 12.5. The molecular weight excluding hydrogens is 266 g/mol. The molecule has 110 valence electrons. The van der Waals surface area contributed by atoms with E-state index < -0.39 is 0 Å². The van der Waals surface area contributed by atoms with E-state index in [0.29, 0.717) is 12.1 Å². The van der Waals surface area contributed by atoms with E-state index in [0.717, 1.165) is 10.4 Å². The second-order valence-electron chi connectivity index (χ2n) is 6.89. The molecule has 1 atom stereocenters. The molecule has 0 bridgehead atoms. The van der Waals surface area contributed by atoms with Crippen LogP contribution in [0.3, 0.4) is 0 Å². The Morgan fingerprint density at radius 3 is 2.40 bits per heavy atom. The van der Waals surface area contributed by atoms with Crippen molar-refractivity contribution >= 4 is 11.6 Å². The van der Waals surface area contributed by atoms with Gasteiger partial charge in [-0.05, 0) is 62.5 Å². The normalized spacial score (nSPS) is 24.1. The monoisotopic (exact) mass is 291 g/mol. The lowest BCUT2D eigenvalue weighted by Crippen LogP contribution is -2.38. The summed E-state index contributed by atoms with van der Waals surface area (Å²) in [6, 6.07) is 9.24. The van der Waals surface area contributed by atoms with Crippen molar-refractivity contribution in [1.29, 1.82) is 0 Å². The molecule has 0 amide bonds. The predicted molar refractivity (Wildman–Crippen MR) is 86.2 cm³/mol. The molecule has 2 fully saturated rings. The van der Waals surface area contributed by atoms with E-state index in [1.54, 1.807) is 0 Å². The lowest BCUT2D eigenvalue weighted by molar-refractivity contribution is 0.164. The number of benzene rings is 1. The van der Waals surface area contributed by atoms with E-state index in [4.69, 9.17) is 11.6 Å². The summed E-state index contributed by atoms with van der Waals surface area (Å²) in [5.41, 5.74) is 1.96. The van der Waals surface area contributed by atoms with E-state index >= 15 is 0 Å². The molecule has 1 spiro atoms. The SMILES string of the molecule is C[C@@H](NC1CCC2(CCCC2)CC1)c1ccccc1Cl. The average molecular weight is 292 g/mol. The first-order chi connectivity index (χ1) is 9.69. The van der Waals surface area contributed by atoms with E-state index in [9.17, 15) is 0 Å². The lowest BCUT2D eigenvalue weighted by Gasteiger charge is -2.38. The summed E-state index contributed by atoms with van der Waals surface area (Å²) in [5.74, 6) is 0. The van der Waals surface area contributed by atoms with Gasteiger partial charge in [-0.2, -0.15) is 0 Å². The van der Waals surface area contributed by atoms with Crippen molar-refractivity contribution in [2.24, 2.45) is 5.41 Å². The predicted octanol–water partition coefficient (Wildman–Crippen LogP) is 5.49. The number of hydrogen-bond acceptors (Lipinski definition) is 1. The van der Waals surface area contributed by atoms with Gasteiger partial charge in [-0.3, -0.25) is 0 Å². The van der Waals surface area contributed by atoms with Crippen molar-refractivity contribution in [3.8, 4) is 0 Å². The zero-order valence-corrected chi connectivity index (χ0v) is 13.3. The Balaban J connectivity index is 1.56. The second kappa shape index (κ2) is 6.07. The maximum Gasteiger partial charge on any atom is 0.0453 e. The Bertz CT molecular complexity index is 440. The summed E-state index contributed by atoms with van der Waals surface area (Å²) in [7, 11) is 0. The standard InChI is InChI=1S/C18H26ClN/c1-14(16-6-2-3-7-17(16)19)20-15-8-12-18(13-9-15)10-4-5-11-18/h2-3,6-7,14-15,20H,4-5,8-13H2,1H3/t14-/m1/s1. The molecule has 2 aliphatic carbocycles. The fraction of sp³-hybridized carbons (Fsp3) is 0.667. The molecule has 0 saturated heterocycles. The quantitative estimate of drug-likeness (QED) is 0.776. The number of hydrogen-bond donors (Lipinski definition) is 1. The molecule has 0 radical (unpaired) electrons. The highest BCUT2D eigenvalue weighted by atomic mass is 35.5. The van der Waals surface area contributed by atoms with Gasteiger partial charge in [0.1, 0.15) is 0 Å². The summed E-state index contributed by atoms with van der Waals surface area (Å²) in [6.07, 6.45) is 11.4. The summed E-state index contributed by atoms with van der Waals surface area (Å²) in [5, 5.41) is 4.68. The van der Waals surface area contributed by atoms with Crippen molar-refractivity contribution in [2.75, 3.05) is 0 Å². The highest BCUT2D eigenvalue weighted by Crippen LogP contribution is 2.49. The molecule has 20 heavy (non-hydrogen) atoms. The van der Waals surface area contributed by atoms with Crippen LogP contribution in [-0.2, 0) is 0 Å². The summed E-state index contributed by atoms with van der Waals surface area (Å²) < 4.78 is 0. The van der Waals surface area contributed by atoms with Gasteiger partial charge in [-0.1, -0.05) is 42.6 Å². The largest absolute Gasteiger partial charge is 0.307 e. The molecular formula is C18H26ClN. The molecule has 0 aromatic heterocycles. The summed E-state index contributed by atoms with van der Waals surface area (Å²) in [6.45, 7) is 2.24. The van der Waals surface area contributed by atoms with Gasteiger partial charge >= 0.3 is 0 Å². The van der Waals surface area contributed by atoms with Gasteiger partial charge in [0, 0.05) is 17.1 Å². The number of halogens is 1. The third-order valence-electron chi connectivity index (χ3n) is 5.57. The molecule has 1 aromatic carbocycles. The third-order valence-corrected chi connectivity index (χ3v) is 5.91. The lowest BCUT2D eigenvalue weighted by atomic mass is 9.71. The first-order valence-electron chi connectivity index (χ1n) is 8.19. The van der Waals surface area contributed by atoms with Gasteiger partial charge in [-0.15, -0.1) is 0 Å². The maximum absolute atomic E-state index is 6.30. The van der Waals surface area contributed by atoms with Gasteiger partial charge < -0.3 is 5.32 Å². The van der Waals surface area contributed by atoms with Crippen molar-refractivity contribution in [2.45, 2.75) is 70.4 Å². The Morgan fingerprint density at radius 1 is 1.10 bits per heavy atom. The minimum absolute atomic E-state index is 0.353. The van der Waals surface area contributed by atoms with E-state index in [2.05, 4.69) is 24.4 Å². The minimum Gasteiger partial charge on any atom is -0.307 e. The van der Waals surface area contributed by atoms with Crippen LogP contribution < -0.4 is 5.32 Å². The van der Waals surface area contributed by atoms with Crippen LogP contribution in [0.4, 0.5) is 0 Å². The molecule has 3 rings (SSSR count). The van der Waals surface area contributed by atoms with Crippen LogP contribution in [0.1, 0.15) is 69.9 Å². The van der Waals surface area contributed by atoms with E-state index in [-0.39, 0.29) is 0 Å². The smallest absolute Gasteiger partial charge is 0.0453 e. The fourth-order valence-corrected chi connectivity index (χ4v) is 4.59. The van der Waals surface area contributed by atoms with E-state index in [1.165, 1.54) is 56.9 Å². The van der Waals surface area contributed by atoms with Crippen molar-refractivity contribution in [3.63, 3.8) is 0 Å². The molecule has 2 heteroatoms. The Hall–Kier alpha value is -0.530. The number of rotatable bonds is 3. The molecule has 2 aliphatic rings. The van der Waals surface area contributed by atoms with Crippen LogP contribution in [0, 0.1) is 5.41 Å². The molecule has 0 aliphatic heterocycles. The molecule has 1 nitrogen and oxygen atoms in total. The average Bonchev–Trinajstić information content (AvgIpc) is 2.90. The number of nitrogens with one attached hydrogen (secondary N) is 1. The third kappa shape index (κ3) is 3.04. The van der Waals surface area contributed by atoms with Gasteiger partial charge in [0.25, 0.3) is 0 Å². The molecule has 1 aromatic rings. The van der Waals surface area contributed by atoms with Gasteiger partial charge in [0.2, 0.25) is 0 Å². The molecule has 1 N–H and O–H groups in total. The first kappa shape index (κ1) is 14.4. The van der Waals surface area contributed by atoms with Gasteiger partial charge in [0.05, 0.1) is 0 Å². The summed E-state index contributed by atoms with van der Waals surface area (Å²) in [4.78, 5) is 0. The van der Waals surface area contributed by atoms with Crippen LogP contribution in [0.15, 0.2) is 24.3 Å². The van der Waals surface area contributed by atoms with Crippen LogP contribution in [0.25, 0.3) is 0 Å². The fourth-order valence-electron chi connectivity index (χ4n) is 4.29. The van der Waals surface area contributed by atoms with Crippen LogP contribution in [0.2, 0.25) is 5.02 Å². The highest BCUT2D eigenvalue weighted by Gasteiger charge is 2.37. The minimum atomic E-state index is 0.353. The Morgan fingerprint density at radius 2 is 1.75 bits per heavy atom. The highest BCUT2D eigenvalue weighted by molar-refractivity contribution is 6.31. The Labute approximate surface area is 128 Å². The van der Waals surface area contributed by atoms with E-state index in [1.807, 2.05) is 12.1 Å². The van der Waals surface area contributed by atoms with Gasteiger partial charge in [-0.25, -0.2) is 0 Å². The van der Waals surface area contributed by atoms with Crippen LogP contribution in [0.5, 0.6) is 0 Å². The van der Waals surface area contributed by atoms with Crippen molar-refractivity contribution in [3.05, 3.63) is 34.9 Å². The topological polar surface area (TPSA) is 12.0 Å². The first-order valence-corrected chi connectivity index (χ1v) is 8.57.